The van der Waals surface area contributed by atoms with Gasteiger partial charge in [0.05, 0.1) is 4.88 Å². The first-order valence-electron chi connectivity index (χ1n) is 8.40. The van der Waals surface area contributed by atoms with Crippen molar-refractivity contribution in [1.82, 2.24) is 0 Å². The summed E-state index contributed by atoms with van der Waals surface area (Å²) in [7, 11) is 0. The van der Waals surface area contributed by atoms with Crippen LogP contribution in [0.5, 0.6) is 5.75 Å². The molecule has 0 bridgehead atoms. The predicted octanol–water partition coefficient (Wildman–Crippen LogP) is 4.61. The summed E-state index contributed by atoms with van der Waals surface area (Å²) in [6.45, 7) is 1.40. The Morgan fingerprint density at radius 3 is 2.26 bits per heavy atom. The molecular weight excluding hydrogens is 362 g/mol. The number of ether oxygens (including phenoxy) is 2. The number of para-hydroxylation sites is 1. The van der Waals surface area contributed by atoms with E-state index in [9.17, 15) is 9.59 Å². The predicted molar refractivity (Wildman–Crippen MR) is 106 cm³/mol. The van der Waals surface area contributed by atoms with Crippen molar-refractivity contribution >= 4 is 34.5 Å². The molecule has 0 spiro atoms. The molecule has 3 aromatic rings. The Kier molecular flexibility index (Phi) is 6.22. The summed E-state index contributed by atoms with van der Waals surface area (Å²) in [6, 6.07) is 20.6. The molecule has 27 heavy (non-hydrogen) atoms. The number of rotatable bonds is 8. The van der Waals surface area contributed by atoms with Crippen LogP contribution in [0, 0.1) is 6.92 Å². The summed E-state index contributed by atoms with van der Waals surface area (Å²) in [5.41, 5.74) is 1.90. The van der Waals surface area contributed by atoms with Gasteiger partial charge in [-0.25, -0.2) is 4.79 Å². The lowest BCUT2D eigenvalue weighted by molar-refractivity contribution is -0.144. The fraction of sp³-hybridized carbons (Fsp3) is 0.143. The van der Waals surface area contributed by atoms with Crippen molar-refractivity contribution in [1.29, 1.82) is 0 Å². The van der Waals surface area contributed by atoms with Gasteiger partial charge < -0.3 is 14.8 Å². The number of esters is 1. The Balaban J connectivity index is 1.42. The zero-order chi connectivity index (χ0) is 19.1. The van der Waals surface area contributed by atoms with Gasteiger partial charge in [0.25, 0.3) is 0 Å². The van der Waals surface area contributed by atoms with E-state index in [0.29, 0.717) is 10.6 Å². The van der Waals surface area contributed by atoms with E-state index in [4.69, 9.17) is 9.47 Å². The number of thiophene rings is 1. The summed E-state index contributed by atoms with van der Waals surface area (Å²) in [4.78, 5) is 25.3. The van der Waals surface area contributed by atoms with Crippen LogP contribution in [-0.2, 0) is 9.53 Å². The number of carbonyl (C=O) groups is 2. The highest BCUT2D eigenvalue weighted by atomic mass is 32.1. The van der Waals surface area contributed by atoms with Gasteiger partial charge >= 0.3 is 5.97 Å². The van der Waals surface area contributed by atoms with Gasteiger partial charge in [-0.3, -0.25) is 4.79 Å². The average molecular weight is 381 g/mol. The third kappa shape index (κ3) is 5.69. The summed E-state index contributed by atoms with van der Waals surface area (Å²) < 4.78 is 10.4. The number of hydrogen-bond acceptors (Lipinski definition) is 6. The molecule has 0 amide bonds. The highest BCUT2D eigenvalue weighted by molar-refractivity contribution is 7.14. The van der Waals surface area contributed by atoms with Gasteiger partial charge in [-0.1, -0.05) is 18.2 Å². The molecular formula is C21H19NO4S. The van der Waals surface area contributed by atoms with Crippen LogP contribution in [-0.4, -0.2) is 25.0 Å². The topological polar surface area (TPSA) is 64.6 Å². The normalized spacial score (nSPS) is 10.3. The molecule has 1 heterocycles. The molecule has 6 heteroatoms. The van der Waals surface area contributed by atoms with Crippen molar-refractivity contribution in [2.75, 3.05) is 18.5 Å². The van der Waals surface area contributed by atoms with Crippen LogP contribution in [0.2, 0.25) is 0 Å². The number of ketones is 1. The minimum Gasteiger partial charge on any atom is -0.482 e. The van der Waals surface area contributed by atoms with Gasteiger partial charge in [0.2, 0.25) is 5.78 Å². The lowest BCUT2D eigenvalue weighted by Gasteiger charge is -2.09. The Hall–Kier alpha value is -3.12. The molecule has 0 aliphatic rings. The van der Waals surface area contributed by atoms with Crippen molar-refractivity contribution < 1.29 is 19.1 Å². The third-order valence-corrected chi connectivity index (χ3v) is 4.69. The maximum absolute atomic E-state index is 11.9. The first-order valence-corrected chi connectivity index (χ1v) is 9.22. The Morgan fingerprint density at radius 2 is 1.59 bits per heavy atom. The maximum Gasteiger partial charge on any atom is 0.344 e. The first kappa shape index (κ1) is 18.7. The summed E-state index contributed by atoms with van der Waals surface area (Å²) in [6.07, 6.45) is 0. The summed E-state index contributed by atoms with van der Waals surface area (Å²) in [5.74, 6) is -0.244. The van der Waals surface area contributed by atoms with Crippen LogP contribution in [0.1, 0.15) is 14.5 Å². The van der Waals surface area contributed by atoms with E-state index in [2.05, 4.69) is 5.32 Å². The molecule has 0 aliphatic heterocycles. The second kappa shape index (κ2) is 9.00. The maximum atomic E-state index is 11.9. The molecule has 0 radical (unpaired) electrons. The Labute approximate surface area is 161 Å². The Bertz CT molecular complexity index is 903. The molecule has 5 nitrogen and oxygen atoms in total. The minimum atomic E-state index is -0.580. The molecule has 0 aliphatic carbocycles. The van der Waals surface area contributed by atoms with E-state index in [1.807, 2.05) is 55.5 Å². The number of aryl methyl sites for hydroxylation is 1. The fourth-order valence-corrected chi connectivity index (χ4v) is 3.10. The van der Waals surface area contributed by atoms with E-state index >= 15 is 0 Å². The molecule has 138 valence electrons. The second-order valence-electron chi connectivity index (χ2n) is 5.80. The largest absolute Gasteiger partial charge is 0.482 e. The van der Waals surface area contributed by atoms with E-state index in [1.165, 1.54) is 11.3 Å². The number of anilines is 2. The molecule has 0 fully saturated rings. The standard InChI is InChI=1S/C21H19NO4S/c1-15-7-12-20(27-15)19(23)13-26-21(24)14-25-18-10-8-17(9-11-18)22-16-5-3-2-4-6-16/h2-12,22H,13-14H2,1H3. The van der Waals surface area contributed by atoms with Crippen molar-refractivity contribution in [3.63, 3.8) is 0 Å². The minimum absolute atomic E-state index is 0.210. The lowest BCUT2D eigenvalue weighted by Crippen LogP contribution is -2.19. The number of nitrogens with one attached hydrogen (secondary N) is 1. The zero-order valence-electron chi connectivity index (χ0n) is 14.8. The average Bonchev–Trinajstić information content (AvgIpc) is 3.13. The summed E-state index contributed by atoms with van der Waals surface area (Å²) in [5, 5.41) is 3.26. The molecule has 0 saturated heterocycles. The molecule has 1 N–H and O–H groups in total. The van der Waals surface area contributed by atoms with Crippen LogP contribution >= 0.6 is 11.3 Å². The number of carbonyl (C=O) groups excluding carboxylic acids is 2. The van der Waals surface area contributed by atoms with Gasteiger partial charge in [-0.05, 0) is 55.5 Å². The van der Waals surface area contributed by atoms with Gasteiger partial charge in [-0.15, -0.1) is 11.3 Å². The van der Waals surface area contributed by atoms with Crippen molar-refractivity contribution in [2.24, 2.45) is 0 Å². The van der Waals surface area contributed by atoms with Crippen LogP contribution < -0.4 is 10.1 Å². The molecule has 2 aromatic carbocycles. The quantitative estimate of drug-likeness (QED) is 0.456. The van der Waals surface area contributed by atoms with Gasteiger partial charge in [0.1, 0.15) is 5.75 Å². The van der Waals surface area contributed by atoms with Crippen LogP contribution in [0.25, 0.3) is 0 Å². The highest BCUT2D eigenvalue weighted by Crippen LogP contribution is 2.20. The Morgan fingerprint density at radius 1 is 0.889 bits per heavy atom. The SMILES string of the molecule is Cc1ccc(C(=O)COC(=O)COc2ccc(Nc3ccccc3)cc2)s1. The van der Waals surface area contributed by atoms with Crippen LogP contribution in [0.15, 0.2) is 66.7 Å². The summed E-state index contributed by atoms with van der Waals surface area (Å²) >= 11 is 1.38. The fourth-order valence-electron chi connectivity index (χ4n) is 2.31. The van der Waals surface area contributed by atoms with E-state index in [0.717, 1.165) is 16.3 Å². The van der Waals surface area contributed by atoms with Crippen LogP contribution in [0.4, 0.5) is 11.4 Å². The molecule has 0 saturated carbocycles. The first-order chi connectivity index (χ1) is 13.1. The van der Waals surface area contributed by atoms with Gasteiger partial charge in [0.15, 0.2) is 13.2 Å². The van der Waals surface area contributed by atoms with Gasteiger partial charge in [0, 0.05) is 16.3 Å². The van der Waals surface area contributed by atoms with Crippen molar-refractivity contribution in [3.05, 3.63) is 76.5 Å². The smallest absolute Gasteiger partial charge is 0.344 e. The van der Waals surface area contributed by atoms with Crippen LogP contribution in [0.3, 0.4) is 0 Å². The van der Waals surface area contributed by atoms with E-state index in [-0.39, 0.29) is 19.0 Å². The number of Topliss-reactive ketones (excluding diaryl/α,β-unsaturated/α-hetero) is 1. The molecule has 0 unspecified atom stereocenters. The molecule has 3 rings (SSSR count). The van der Waals surface area contributed by atoms with Gasteiger partial charge in [-0.2, -0.15) is 0 Å². The van der Waals surface area contributed by atoms with E-state index < -0.39 is 5.97 Å². The highest BCUT2D eigenvalue weighted by Gasteiger charge is 2.12. The van der Waals surface area contributed by atoms with E-state index in [1.54, 1.807) is 18.2 Å². The lowest BCUT2D eigenvalue weighted by atomic mass is 10.2. The monoisotopic (exact) mass is 381 g/mol. The number of hydrogen-bond donors (Lipinski definition) is 1. The molecule has 1 aromatic heterocycles. The number of benzene rings is 2. The second-order valence-corrected chi connectivity index (χ2v) is 7.09. The van der Waals surface area contributed by atoms with Crippen molar-refractivity contribution in [3.8, 4) is 5.75 Å². The molecule has 0 atom stereocenters. The third-order valence-electron chi connectivity index (χ3n) is 3.65. The zero-order valence-corrected chi connectivity index (χ0v) is 15.6. The van der Waals surface area contributed by atoms with Crippen molar-refractivity contribution in [2.45, 2.75) is 6.92 Å².